The Morgan fingerprint density at radius 2 is 1.25 bits per heavy atom. The van der Waals surface area contributed by atoms with Gasteiger partial charge in [0.1, 0.15) is 0 Å². The van der Waals surface area contributed by atoms with Gasteiger partial charge in [0.25, 0.3) is 0 Å². The van der Waals surface area contributed by atoms with Gasteiger partial charge in [0, 0.05) is 27.7 Å². The minimum Gasteiger partial charge on any atom is -0.355 e. The first-order valence-electron chi connectivity index (χ1n) is 12.5. The molecule has 1 nitrogen and oxygen atoms in total. The second kappa shape index (κ2) is 8.77. The molecule has 1 atom stereocenters. The number of rotatable bonds is 8. The van der Waals surface area contributed by atoms with Crippen LogP contribution in [0.3, 0.4) is 0 Å². The molecule has 0 saturated heterocycles. The number of aromatic amines is 1. The lowest BCUT2D eigenvalue weighted by Crippen LogP contribution is -2.25. The third kappa shape index (κ3) is 3.76. The second-order valence-corrected chi connectivity index (χ2v) is 10.2. The van der Waals surface area contributed by atoms with Crippen LogP contribution in [0.2, 0.25) is 0 Å². The first kappa shape index (κ1) is 22.6. The summed E-state index contributed by atoms with van der Waals surface area (Å²) >= 11 is 0. The zero-order valence-electron chi connectivity index (χ0n) is 20.8. The molecule has 0 aliphatic heterocycles. The van der Waals surface area contributed by atoms with Crippen LogP contribution in [0.5, 0.6) is 0 Å². The van der Waals surface area contributed by atoms with Gasteiger partial charge in [-0.05, 0) is 77.5 Å². The van der Waals surface area contributed by atoms with Gasteiger partial charge < -0.3 is 4.98 Å². The highest BCUT2D eigenvalue weighted by molar-refractivity contribution is 6.07. The molecule has 0 saturated carbocycles. The molecule has 0 aliphatic carbocycles. The first-order chi connectivity index (χ1) is 15.4. The quantitative estimate of drug-likeness (QED) is 0.289. The molecule has 1 unspecified atom stereocenters. The fraction of sp³-hybridized carbons (Fsp3) is 0.419. The summed E-state index contributed by atoms with van der Waals surface area (Å²) in [5.74, 6) is 0.382. The lowest BCUT2D eigenvalue weighted by Gasteiger charge is -2.37. The molecule has 4 rings (SSSR count). The molecule has 1 heteroatoms. The normalized spacial score (nSPS) is 13.7. The van der Waals surface area contributed by atoms with E-state index in [-0.39, 0.29) is 10.8 Å². The lowest BCUT2D eigenvalue weighted by molar-refractivity contribution is 0.257. The summed E-state index contributed by atoms with van der Waals surface area (Å²) < 4.78 is 0. The number of hydrogen-bond donors (Lipinski definition) is 1. The van der Waals surface area contributed by atoms with Gasteiger partial charge in [-0.3, -0.25) is 0 Å². The van der Waals surface area contributed by atoms with Crippen LogP contribution in [0.15, 0.2) is 66.7 Å². The third-order valence-corrected chi connectivity index (χ3v) is 8.66. The van der Waals surface area contributed by atoms with Crippen LogP contribution in [0, 0.1) is 5.41 Å². The zero-order chi connectivity index (χ0) is 22.9. The van der Waals surface area contributed by atoms with Crippen molar-refractivity contribution in [2.24, 2.45) is 5.41 Å². The Kier molecular flexibility index (Phi) is 6.21. The van der Waals surface area contributed by atoms with Crippen LogP contribution in [-0.2, 0) is 5.41 Å². The van der Waals surface area contributed by atoms with E-state index in [2.05, 4.69) is 113 Å². The maximum absolute atomic E-state index is 3.67. The Morgan fingerprint density at radius 1 is 0.656 bits per heavy atom. The molecule has 0 radical (unpaired) electrons. The molecule has 0 amide bonds. The van der Waals surface area contributed by atoms with Crippen molar-refractivity contribution >= 4 is 21.8 Å². The molecule has 1 aromatic heterocycles. The number of hydrogen-bond acceptors (Lipinski definition) is 0. The summed E-state index contributed by atoms with van der Waals surface area (Å²) in [4.78, 5) is 3.67. The number of nitrogens with one attached hydrogen (secondary N) is 1. The van der Waals surface area contributed by atoms with Crippen molar-refractivity contribution in [3.63, 3.8) is 0 Å². The summed E-state index contributed by atoms with van der Waals surface area (Å²) in [6.07, 6.45) is 4.63. The highest BCUT2D eigenvalue weighted by atomic mass is 14.7. The van der Waals surface area contributed by atoms with Gasteiger partial charge in [-0.1, -0.05) is 84.0 Å². The molecule has 1 N–H and O–H groups in total. The van der Waals surface area contributed by atoms with Gasteiger partial charge >= 0.3 is 0 Å². The van der Waals surface area contributed by atoms with Crippen LogP contribution < -0.4 is 0 Å². The van der Waals surface area contributed by atoms with E-state index >= 15 is 0 Å². The van der Waals surface area contributed by atoms with Gasteiger partial charge in [-0.25, -0.2) is 0 Å². The van der Waals surface area contributed by atoms with Crippen molar-refractivity contribution in [2.45, 2.75) is 78.6 Å². The molecule has 1 heterocycles. The smallest absolute Gasteiger partial charge is 0.0465 e. The molecular weight excluding hydrogens is 386 g/mol. The van der Waals surface area contributed by atoms with Gasteiger partial charge in [-0.15, -0.1) is 0 Å². The van der Waals surface area contributed by atoms with E-state index in [4.69, 9.17) is 0 Å². The van der Waals surface area contributed by atoms with Crippen molar-refractivity contribution in [1.29, 1.82) is 0 Å². The number of H-pyrrole nitrogens is 1. The van der Waals surface area contributed by atoms with E-state index in [0.29, 0.717) is 5.92 Å². The van der Waals surface area contributed by atoms with Gasteiger partial charge in [0.2, 0.25) is 0 Å². The largest absolute Gasteiger partial charge is 0.355 e. The van der Waals surface area contributed by atoms with Crippen LogP contribution in [0.4, 0.5) is 0 Å². The molecule has 168 valence electrons. The molecule has 3 aromatic carbocycles. The maximum Gasteiger partial charge on any atom is 0.0465 e. The van der Waals surface area contributed by atoms with Crippen molar-refractivity contribution < 1.29 is 0 Å². The van der Waals surface area contributed by atoms with Crippen LogP contribution in [0.25, 0.3) is 21.8 Å². The number of benzene rings is 3. The number of fused-ring (bicyclic) bond motifs is 3. The maximum atomic E-state index is 3.67. The van der Waals surface area contributed by atoms with Gasteiger partial charge in [-0.2, -0.15) is 0 Å². The van der Waals surface area contributed by atoms with E-state index in [0.717, 1.165) is 25.7 Å². The monoisotopic (exact) mass is 425 g/mol. The topological polar surface area (TPSA) is 15.8 Å². The average Bonchev–Trinajstić information content (AvgIpc) is 3.21. The van der Waals surface area contributed by atoms with E-state index < -0.39 is 0 Å². The molecule has 0 spiro atoms. The summed E-state index contributed by atoms with van der Waals surface area (Å²) in [6, 6.07) is 25.3. The summed E-state index contributed by atoms with van der Waals surface area (Å²) in [5.41, 5.74) is 7.21. The van der Waals surface area contributed by atoms with Crippen LogP contribution >= 0.6 is 0 Å². The van der Waals surface area contributed by atoms with Crippen molar-refractivity contribution in [3.05, 3.63) is 83.4 Å². The Balaban J connectivity index is 1.93. The first-order valence-corrected chi connectivity index (χ1v) is 12.5. The SMILES string of the molecule is CCC(C)(CC)c1ccc2[nH]c3ccc(C(c4ccccc4)C(C)(CC)CC)cc3c2c1. The molecule has 4 aromatic rings. The molecule has 32 heavy (non-hydrogen) atoms. The lowest BCUT2D eigenvalue weighted by atomic mass is 9.67. The molecule has 0 fully saturated rings. The minimum atomic E-state index is 0.218. The third-order valence-electron chi connectivity index (χ3n) is 8.66. The predicted molar refractivity (Wildman–Crippen MR) is 141 cm³/mol. The van der Waals surface area contributed by atoms with E-state index in [9.17, 15) is 0 Å². The van der Waals surface area contributed by atoms with Crippen molar-refractivity contribution in [1.82, 2.24) is 4.98 Å². The Bertz CT molecular complexity index is 1190. The highest BCUT2D eigenvalue weighted by Crippen LogP contribution is 2.46. The predicted octanol–water partition coefficient (Wildman–Crippen LogP) is 9.36. The summed E-state index contributed by atoms with van der Waals surface area (Å²) in [6.45, 7) is 14.1. The second-order valence-electron chi connectivity index (χ2n) is 10.2. The molecule has 0 aliphatic rings. The van der Waals surface area contributed by atoms with Crippen molar-refractivity contribution in [3.8, 4) is 0 Å². The fourth-order valence-corrected chi connectivity index (χ4v) is 5.43. The van der Waals surface area contributed by atoms with Gasteiger partial charge in [0.05, 0.1) is 0 Å². The van der Waals surface area contributed by atoms with Crippen LogP contribution in [-0.4, -0.2) is 4.98 Å². The fourth-order valence-electron chi connectivity index (χ4n) is 5.43. The van der Waals surface area contributed by atoms with Crippen LogP contribution in [0.1, 0.15) is 89.8 Å². The summed E-state index contributed by atoms with van der Waals surface area (Å²) in [7, 11) is 0. The number of aromatic nitrogens is 1. The standard InChI is InChI=1S/C31H39N/c1-7-30(5,8-2)24-17-19-28-26(21-24)25-20-23(16-18-27(25)32-28)29(31(6,9-3)10-4)22-14-12-11-13-15-22/h11-21,29,32H,7-10H2,1-6H3. The molecule has 0 bridgehead atoms. The van der Waals surface area contributed by atoms with Crippen molar-refractivity contribution in [2.75, 3.05) is 0 Å². The Morgan fingerprint density at radius 3 is 1.84 bits per heavy atom. The van der Waals surface area contributed by atoms with E-state index in [1.807, 2.05) is 0 Å². The van der Waals surface area contributed by atoms with Gasteiger partial charge in [0.15, 0.2) is 0 Å². The average molecular weight is 426 g/mol. The summed E-state index contributed by atoms with van der Waals surface area (Å²) in [5, 5.41) is 2.71. The van der Waals surface area contributed by atoms with E-state index in [1.54, 1.807) is 0 Å². The minimum absolute atomic E-state index is 0.218. The van der Waals surface area contributed by atoms with E-state index in [1.165, 1.54) is 38.5 Å². The Labute approximate surface area is 194 Å². The highest BCUT2D eigenvalue weighted by Gasteiger charge is 2.33. The zero-order valence-corrected chi connectivity index (χ0v) is 20.8. The molecular formula is C31H39N. The Hall–Kier alpha value is -2.54.